The van der Waals surface area contributed by atoms with E-state index in [2.05, 4.69) is 10.1 Å². The lowest BCUT2D eigenvalue weighted by Gasteiger charge is -1.87. The van der Waals surface area contributed by atoms with Crippen molar-refractivity contribution in [2.75, 3.05) is 0 Å². The zero-order valence-corrected chi connectivity index (χ0v) is 6.77. The van der Waals surface area contributed by atoms with Gasteiger partial charge in [0.05, 0.1) is 18.2 Å². The first-order chi connectivity index (χ1) is 6.43. The van der Waals surface area contributed by atoms with Gasteiger partial charge in [-0.1, -0.05) is 0 Å². The molecule has 0 aliphatic carbocycles. The molecule has 3 aromatic heterocycles. The minimum absolute atomic E-state index is 0.913. The van der Waals surface area contributed by atoms with Gasteiger partial charge in [0, 0.05) is 24.0 Å². The number of aromatic nitrogens is 3. The summed E-state index contributed by atoms with van der Waals surface area (Å²) < 4.78 is 6.86. The Morgan fingerprint density at radius 2 is 2.46 bits per heavy atom. The predicted octanol–water partition coefficient (Wildman–Crippen LogP) is 1.92. The highest BCUT2D eigenvalue weighted by atomic mass is 16.3. The van der Waals surface area contributed by atoms with Crippen LogP contribution < -0.4 is 0 Å². The van der Waals surface area contributed by atoms with Crippen LogP contribution >= 0.6 is 0 Å². The van der Waals surface area contributed by atoms with Crippen molar-refractivity contribution in [3.63, 3.8) is 0 Å². The molecule has 0 saturated carbocycles. The van der Waals surface area contributed by atoms with E-state index in [4.69, 9.17) is 4.42 Å². The van der Waals surface area contributed by atoms with Gasteiger partial charge in [-0.15, -0.1) is 0 Å². The first-order valence-corrected chi connectivity index (χ1v) is 3.98. The minimum Gasteiger partial charge on any atom is -0.472 e. The van der Waals surface area contributed by atoms with E-state index < -0.39 is 0 Å². The SMILES string of the molecule is c1cn2[nH]c(-c3ccoc3)cc2n1. The van der Waals surface area contributed by atoms with E-state index in [1.807, 2.05) is 22.8 Å². The van der Waals surface area contributed by atoms with Gasteiger partial charge >= 0.3 is 0 Å². The maximum absolute atomic E-state index is 4.99. The lowest BCUT2D eigenvalue weighted by Crippen LogP contribution is -1.79. The van der Waals surface area contributed by atoms with E-state index in [1.165, 1.54) is 0 Å². The predicted molar refractivity (Wildman–Crippen MR) is 47.2 cm³/mol. The summed E-state index contributed by atoms with van der Waals surface area (Å²) in [4.78, 5) is 4.15. The molecule has 3 aromatic rings. The van der Waals surface area contributed by atoms with E-state index >= 15 is 0 Å². The third kappa shape index (κ3) is 0.885. The Labute approximate surface area is 73.8 Å². The van der Waals surface area contributed by atoms with Crippen molar-refractivity contribution in [1.82, 2.24) is 14.6 Å². The summed E-state index contributed by atoms with van der Waals surface area (Å²) in [5.41, 5.74) is 2.96. The Kier molecular flexibility index (Phi) is 1.14. The van der Waals surface area contributed by atoms with Crippen molar-refractivity contribution in [3.8, 4) is 11.3 Å². The van der Waals surface area contributed by atoms with Crippen LogP contribution in [0.15, 0.2) is 41.5 Å². The average molecular weight is 173 g/mol. The monoisotopic (exact) mass is 173 g/mol. The fourth-order valence-electron chi connectivity index (χ4n) is 1.37. The Hall–Kier alpha value is -1.97. The topological polar surface area (TPSA) is 46.2 Å². The number of hydrogen-bond donors (Lipinski definition) is 1. The average Bonchev–Trinajstić information content (AvgIpc) is 2.78. The van der Waals surface area contributed by atoms with Crippen LogP contribution in [0.4, 0.5) is 0 Å². The number of rotatable bonds is 1. The minimum atomic E-state index is 0.913. The van der Waals surface area contributed by atoms with E-state index in [0.29, 0.717) is 0 Å². The third-order valence-electron chi connectivity index (χ3n) is 2.02. The summed E-state index contributed by atoms with van der Waals surface area (Å²) in [6.45, 7) is 0. The van der Waals surface area contributed by atoms with Crippen LogP contribution in [0.2, 0.25) is 0 Å². The number of nitrogens with zero attached hydrogens (tertiary/aromatic N) is 2. The van der Waals surface area contributed by atoms with E-state index in [1.54, 1.807) is 18.7 Å². The molecular formula is C9H7N3O. The van der Waals surface area contributed by atoms with Crippen LogP contribution in [-0.4, -0.2) is 14.6 Å². The van der Waals surface area contributed by atoms with E-state index in [9.17, 15) is 0 Å². The van der Waals surface area contributed by atoms with Crippen molar-refractivity contribution in [2.24, 2.45) is 0 Å². The smallest absolute Gasteiger partial charge is 0.153 e. The highest BCUT2D eigenvalue weighted by molar-refractivity contribution is 5.62. The van der Waals surface area contributed by atoms with Crippen LogP contribution in [0.25, 0.3) is 16.9 Å². The zero-order valence-electron chi connectivity index (χ0n) is 6.77. The maximum Gasteiger partial charge on any atom is 0.153 e. The van der Waals surface area contributed by atoms with Gasteiger partial charge in [-0.3, -0.25) is 5.10 Å². The molecule has 0 aromatic carbocycles. The summed E-state index contributed by atoms with van der Waals surface area (Å²) in [6.07, 6.45) is 6.98. The van der Waals surface area contributed by atoms with Gasteiger partial charge in [-0.25, -0.2) is 9.50 Å². The molecule has 1 N–H and O–H groups in total. The maximum atomic E-state index is 4.99. The quantitative estimate of drug-likeness (QED) is 0.611. The Morgan fingerprint density at radius 3 is 3.23 bits per heavy atom. The molecule has 0 bridgehead atoms. The standard InChI is InChI=1S/C9H7N3O/c1-4-13-6-7(1)8-5-9-10-2-3-12(9)11-8/h1-6,11H. The van der Waals surface area contributed by atoms with Crippen LogP contribution in [0.3, 0.4) is 0 Å². The first kappa shape index (κ1) is 6.54. The molecule has 0 fully saturated rings. The number of furan rings is 1. The van der Waals surface area contributed by atoms with Gasteiger partial charge in [0.15, 0.2) is 5.65 Å². The molecule has 0 radical (unpaired) electrons. The molecule has 13 heavy (non-hydrogen) atoms. The summed E-state index contributed by atoms with van der Waals surface area (Å²) in [5.74, 6) is 0. The van der Waals surface area contributed by atoms with Crippen LogP contribution in [0, 0.1) is 0 Å². The molecule has 4 nitrogen and oxygen atoms in total. The highest BCUT2D eigenvalue weighted by Crippen LogP contribution is 2.18. The molecule has 0 spiro atoms. The Morgan fingerprint density at radius 1 is 1.46 bits per heavy atom. The van der Waals surface area contributed by atoms with Crippen LogP contribution in [-0.2, 0) is 0 Å². The summed E-state index contributed by atoms with van der Waals surface area (Å²) in [6, 6.07) is 3.89. The second kappa shape index (κ2) is 2.26. The molecule has 0 unspecified atom stereocenters. The molecule has 3 rings (SSSR count). The van der Waals surface area contributed by atoms with Crippen molar-refractivity contribution >= 4 is 5.65 Å². The van der Waals surface area contributed by atoms with Crippen molar-refractivity contribution < 1.29 is 4.42 Å². The van der Waals surface area contributed by atoms with Gasteiger partial charge in [0.25, 0.3) is 0 Å². The number of nitrogens with one attached hydrogen (secondary N) is 1. The normalized spacial score (nSPS) is 11.1. The van der Waals surface area contributed by atoms with Crippen LogP contribution in [0.5, 0.6) is 0 Å². The van der Waals surface area contributed by atoms with Crippen molar-refractivity contribution in [2.45, 2.75) is 0 Å². The van der Waals surface area contributed by atoms with E-state index in [0.717, 1.165) is 16.9 Å². The molecule has 0 aliphatic heterocycles. The molecule has 0 amide bonds. The lowest BCUT2D eigenvalue weighted by atomic mass is 10.2. The second-order valence-electron chi connectivity index (χ2n) is 2.84. The van der Waals surface area contributed by atoms with Gasteiger partial charge < -0.3 is 4.42 Å². The molecule has 4 heteroatoms. The molecule has 64 valence electrons. The Bertz CT molecular complexity index is 489. The number of fused-ring (bicyclic) bond motifs is 1. The summed E-state index contributed by atoms with van der Waals surface area (Å²) in [7, 11) is 0. The second-order valence-corrected chi connectivity index (χ2v) is 2.84. The lowest BCUT2D eigenvalue weighted by molar-refractivity contribution is 0.568. The van der Waals surface area contributed by atoms with Crippen molar-refractivity contribution in [3.05, 3.63) is 37.1 Å². The largest absolute Gasteiger partial charge is 0.472 e. The van der Waals surface area contributed by atoms with E-state index in [-0.39, 0.29) is 0 Å². The molecule has 0 saturated heterocycles. The van der Waals surface area contributed by atoms with Crippen LogP contribution in [0.1, 0.15) is 0 Å². The molecule has 0 aliphatic rings. The summed E-state index contributed by atoms with van der Waals surface area (Å²) >= 11 is 0. The fourth-order valence-corrected chi connectivity index (χ4v) is 1.37. The number of hydrogen-bond acceptors (Lipinski definition) is 2. The number of imidazole rings is 1. The first-order valence-electron chi connectivity index (χ1n) is 3.98. The van der Waals surface area contributed by atoms with Gasteiger partial charge in [-0.05, 0) is 6.07 Å². The van der Waals surface area contributed by atoms with Crippen molar-refractivity contribution in [1.29, 1.82) is 0 Å². The number of H-pyrrole nitrogens is 1. The fraction of sp³-hybridized carbons (Fsp3) is 0. The highest BCUT2D eigenvalue weighted by Gasteiger charge is 2.03. The van der Waals surface area contributed by atoms with Gasteiger partial charge in [0.2, 0.25) is 0 Å². The molecule has 0 atom stereocenters. The third-order valence-corrected chi connectivity index (χ3v) is 2.02. The van der Waals surface area contributed by atoms with Gasteiger partial charge in [-0.2, -0.15) is 0 Å². The Balaban J connectivity index is 2.23. The molecule has 3 heterocycles. The number of aromatic amines is 1. The molecular weight excluding hydrogens is 166 g/mol. The zero-order chi connectivity index (χ0) is 8.67. The van der Waals surface area contributed by atoms with Gasteiger partial charge in [0.1, 0.15) is 0 Å². The summed E-state index contributed by atoms with van der Waals surface area (Å²) in [5, 5.41) is 3.17.